The summed E-state index contributed by atoms with van der Waals surface area (Å²) in [6.07, 6.45) is 0. The number of piperazine rings is 1. The number of benzene rings is 2. The first-order valence-corrected chi connectivity index (χ1v) is 8.55. The molecular weight excluding hydrogens is 340 g/mol. The highest BCUT2D eigenvalue weighted by Crippen LogP contribution is 2.21. The molecule has 1 fully saturated rings. The minimum atomic E-state index is -0.983. The second kappa shape index (κ2) is 8.03. The summed E-state index contributed by atoms with van der Waals surface area (Å²) in [4.78, 5) is 16.1. The summed E-state index contributed by atoms with van der Waals surface area (Å²) in [6.45, 7) is 5.05. The van der Waals surface area contributed by atoms with E-state index in [1.165, 1.54) is 6.07 Å². The van der Waals surface area contributed by atoms with E-state index in [1.807, 2.05) is 31.2 Å². The van der Waals surface area contributed by atoms with Crippen molar-refractivity contribution in [1.29, 1.82) is 0 Å². The predicted octanol–water partition coefficient (Wildman–Crippen LogP) is 3.72. The van der Waals surface area contributed by atoms with E-state index in [-0.39, 0.29) is 11.7 Å². The van der Waals surface area contributed by atoms with Crippen molar-refractivity contribution in [3.05, 3.63) is 54.1 Å². The molecule has 5 nitrogen and oxygen atoms in total. The van der Waals surface area contributed by atoms with Gasteiger partial charge >= 0.3 is 6.03 Å². The summed E-state index contributed by atoms with van der Waals surface area (Å²) in [7, 11) is 0. The summed E-state index contributed by atoms with van der Waals surface area (Å²) in [5.41, 5.74) is 1.32. The lowest BCUT2D eigenvalue weighted by Gasteiger charge is -2.36. The Morgan fingerprint density at radius 2 is 1.73 bits per heavy atom. The Kier molecular flexibility index (Phi) is 5.55. The van der Waals surface area contributed by atoms with Crippen molar-refractivity contribution in [3.63, 3.8) is 0 Å². The number of urea groups is 1. The van der Waals surface area contributed by atoms with Gasteiger partial charge in [-0.25, -0.2) is 13.6 Å². The lowest BCUT2D eigenvalue weighted by atomic mass is 10.2. The maximum Gasteiger partial charge on any atom is 0.321 e. The van der Waals surface area contributed by atoms with Gasteiger partial charge in [0.25, 0.3) is 0 Å². The fourth-order valence-corrected chi connectivity index (χ4v) is 2.86. The molecule has 2 amide bonds. The fourth-order valence-electron chi connectivity index (χ4n) is 2.86. The van der Waals surface area contributed by atoms with Crippen LogP contribution in [0.1, 0.15) is 6.92 Å². The van der Waals surface area contributed by atoms with Crippen LogP contribution in [0.3, 0.4) is 0 Å². The number of carbonyl (C=O) groups excluding carboxylic acids is 1. The van der Waals surface area contributed by atoms with Gasteiger partial charge in [-0.05, 0) is 43.3 Å². The third-order valence-electron chi connectivity index (χ3n) is 4.25. The summed E-state index contributed by atoms with van der Waals surface area (Å²) in [5, 5.41) is 2.60. The molecule has 0 aromatic heterocycles. The number of ether oxygens (including phenoxy) is 1. The average molecular weight is 361 g/mol. The van der Waals surface area contributed by atoms with Gasteiger partial charge in [0.2, 0.25) is 0 Å². The quantitative estimate of drug-likeness (QED) is 0.903. The topological polar surface area (TPSA) is 44.8 Å². The zero-order valence-electron chi connectivity index (χ0n) is 14.5. The normalized spacial score (nSPS) is 14.3. The molecule has 138 valence electrons. The Morgan fingerprint density at radius 1 is 1.04 bits per heavy atom. The van der Waals surface area contributed by atoms with Crippen molar-refractivity contribution in [2.45, 2.75) is 6.92 Å². The maximum absolute atomic E-state index is 13.2. The molecule has 0 unspecified atom stereocenters. The van der Waals surface area contributed by atoms with Crippen LogP contribution in [0.2, 0.25) is 0 Å². The number of hydrogen-bond donors (Lipinski definition) is 1. The van der Waals surface area contributed by atoms with Crippen LogP contribution >= 0.6 is 0 Å². The van der Waals surface area contributed by atoms with Crippen LogP contribution < -0.4 is 15.0 Å². The van der Waals surface area contributed by atoms with E-state index < -0.39 is 11.6 Å². The highest BCUT2D eigenvalue weighted by Gasteiger charge is 2.21. The smallest absolute Gasteiger partial charge is 0.321 e. The third-order valence-corrected chi connectivity index (χ3v) is 4.25. The van der Waals surface area contributed by atoms with Crippen molar-refractivity contribution < 1.29 is 18.3 Å². The summed E-state index contributed by atoms with van der Waals surface area (Å²) in [5.74, 6) is -1.09. The highest BCUT2D eigenvalue weighted by molar-refractivity contribution is 5.89. The van der Waals surface area contributed by atoms with Crippen molar-refractivity contribution in [2.75, 3.05) is 43.0 Å². The maximum atomic E-state index is 13.2. The molecular formula is C19H21F2N3O2. The van der Waals surface area contributed by atoms with Crippen LogP contribution in [0.5, 0.6) is 5.75 Å². The number of hydrogen-bond acceptors (Lipinski definition) is 3. The average Bonchev–Trinajstić information content (AvgIpc) is 2.66. The van der Waals surface area contributed by atoms with E-state index in [4.69, 9.17) is 4.74 Å². The molecule has 1 N–H and O–H groups in total. The monoisotopic (exact) mass is 361 g/mol. The minimum Gasteiger partial charge on any atom is -0.494 e. The molecule has 1 aliphatic rings. The van der Waals surface area contributed by atoms with Gasteiger partial charge in [0.15, 0.2) is 11.6 Å². The molecule has 3 rings (SSSR count). The lowest BCUT2D eigenvalue weighted by molar-refractivity contribution is 0.208. The molecule has 26 heavy (non-hydrogen) atoms. The Hall–Kier alpha value is -2.83. The number of amides is 2. The number of carbonyl (C=O) groups is 1. The van der Waals surface area contributed by atoms with Gasteiger partial charge in [0.05, 0.1) is 6.61 Å². The highest BCUT2D eigenvalue weighted by atomic mass is 19.2. The van der Waals surface area contributed by atoms with Crippen LogP contribution in [-0.4, -0.2) is 43.7 Å². The molecule has 0 spiro atoms. The molecule has 0 atom stereocenters. The van der Waals surface area contributed by atoms with Crippen LogP contribution in [0, 0.1) is 11.6 Å². The molecule has 0 aliphatic carbocycles. The van der Waals surface area contributed by atoms with Crippen molar-refractivity contribution in [2.24, 2.45) is 0 Å². The summed E-state index contributed by atoms with van der Waals surface area (Å²) < 4.78 is 31.6. The van der Waals surface area contributed by atoms with Crippen molar-refractivity contribution >= 4 is 17.4 Å². The molecule has 2 aromatic rings. The van der Waals surface area contributed by atoms with Gasteiger partial charge in [0, 0.05) is 43.6 Å². The first-order valence-electron chi connectivity index (χ1n) is 8.55. The molecule has 0 saturated carbocycles. The van der Waals surface area contributed by atoms with Crippen LogP contribution in [0.25, 0.3) is 0 Å². The molecule has 7 heteroatoms. The number of rotatable bonds is 4. The fraction of sp³-hybridized carbons (Fsp3) is 0.316. The third kappa shape index (κ3) is 4.22. The number of halogens is 2. The van der Waals surface area contributed by atoms with E-state index in [9.17, 15) is 13.6 Å². The Morgan fingerprint density at radius 3 is 2.35 bits per heavy atom. The van der Waals surface area contributed by atoms with E-state index in [0.717, 1.165) is 23.6 Å². The Bertz CT molecular complexity index is 760. The predicted molar refractivity (Wildman–Crippen MR) is 96.8 cm³/mol. The Labute approximate surface area is 151 Å². The van der Waals surface area contributed by atoms with Gasteiger partial charge in [-0.2, -0.15) is 0 Å². The molecule has 0 bridgehead atoms. The standard InChI is InChI=1S/C19H21F2N3O2/c1-2-26-16-6-4-15(5-7-16)23-9-11-24(12-10-23)19(25)22-14-3-8-17(20)18(21)13-14/h3-8,13H,2,9-12H2,1H3,(H,22,25). The molecule has 0 radical (unpaired) electrons. The van der Waals surface area contributed by atoms with Crippen LogP contribution in [0.4, 0.5) is 25.0 Å². The second-order valence-electron chi connectivity index (χ2n) is 5.96. The Balaban J connectivity index is 1.54. The number of anilines is 2. The number of nitrogens with zero attached hydrogens (tertiary/aromatic N) is 2. The number of nitrogens with one attached hydrogen (secondary N) is 1. The second-order valence-corrected chi connectivity index (χ2v) is 5.96. The van der Waals surface area contributed by atoms with Crippen LogP contribution in [0.15, 0.2) is 42.5 Å². The minimum absolute atomic E-state index is 0.239. The van der Waals surface area contributed by atoms with E-state index in [0.29, 0.717) is 32.8 Å². The SMILES string of the molecule is CCOc1ccc(N2CCN(C(=O)Nc3ccc(F)c(F)c3)CC2)cc1. The molecule has 1 aliphatic heterocycles. The first-order chi connectivity index (χ1) is 12.6. The van der Waals surface area contributed by atoms with Gasteiger partial charge in [-0.15, -0.1) is 0 Å². The zero-order chi connectivity index (χ0) is 18.5. The van der Waals surface area contributed by atoms with E-state index in [1.54, 1.807) is 4.90 Å². The summed E-state index contributed by atoms with van der Waals surface area (Å²) >= 11 is 0. The van der Waals surface area contributed by atoms with Crippen LogP contribution in [-0.2, 0) is 0 Å². The van der Waals surface area contributed by atoms with Gasteiger partial charge in [0.1, 0.15) is 5.75 Å². The largest absolute Gasteiger partial charge is 0.494 e. The lowest BCUT2D eigenvalue weighted by Crippen LogP contribution is -2.50. The van der Waals surface area contributed by atoms with Gasteiger partial charge in [-0.3, -0.25) is 0 Å². The molecule has 2 aromatic carbocycles. The van der Waals surface area contributed by atoms with Gasteiger partial charge in [-0.1, -0.05) is 0 Å². The molecule has 1 saturated heterocycles. The van der Waals surface area contributed by atoms with E-state index in [2.05, 4.69) is 10.2 Å². The van der Waals surface area contributed by atoms with Crippen molar-refractivity contribution in [1.82, 2.24) is 4.90 Å². The summed E-state index contributed by atoms with van der Waals surface area (Å²) in [6, 6.07) is 10.9. The molecule has 1 heterocycles. The van der Waals surface area contributed by atoms with Gasteiger partial charge < -0.3 is 19.9 Å². The van der Waals surface area contributed by atoms with Crippen molar-refractivity contribution in [3.8, 4) is 5.75 Å². The zero-order valence-corrected chi connectivity index (χ0v) is 14.5. The first kappa shape index (κ1) is 18.0. The van der Waals surface area contributed by atoms with E-state index >= 15 is 0 Å².